The fourth-order valence-corrected chi connectivity index (χ4v) is 2.72. The van der Waals surface area contributed by atoms with Crippen LogP contribution >= 0.6 is 27.5 Å². The van der Waals surface area contributed by atoms with Crippen molar-refractivity contribution >= 4 is 33.5 Å². The third kappa shape index (κ3) is 4.92. The van der Waals surface area contributed by atoms with Gasteiger partial charge in [-0.25, -0.2) is 8.78 Å². The number of benzene rings is 2. The monoisotopic (exact) mass is 432 g/mol. The Kier molecular flexibility index (Phi) is 6.79. The quantitative estimate of drug-likeness (QED) is 0.399. The molecule has 2 aromatic rings. The van der Waals surface area contributed by atoms with Gasteiger partial charge in [0.25, 0.3) is 6.43 Å². The van der Waals surface area contributed by atoms with E-state index in [1.807, 2.05) is 0 Å². The lowest BCUT2D eigenvalue weighted by molar-refractivity contribution is -0.134. The number of halogens is 4. The Morgan fingerprint density at radius 1 is 1.28 bits per heavy atom. The summed E-state index contributed by atoms with van der Waals surface area (Å²) in [5, 5.41) is 0.337. The Hall–Kier alpha value is -1.66. The van der Waals surface area contributed by atoms with Gasteiger partial charge in [0.15, 0.2) is 0 Å². The number of esters is 1. The minimum Gasteiger partial charge on any atom is -0.488 e. The molecule has 0 amide bonds. The van der Waals surface area contributed by atoms with Crippen LogP contribution in [0.5, 0.6) is 11.5 Å². The van der Waals surface area contributed by atoms with E-state index < -0.39 is 12.4 Å². The van der Waals surface area contributed by atoms with E-state index in [0.717, 1.165) is 0 Å². The first-order chi connectivity index (χ1) is 11.8. The first-order valence-corrected chi connectivity index (χ1v) is 8.69. The normalized spacial score (nSPS) is 10.8. The molecule has 0 radical (unpaired) electrons. The summed E-state index contributed by atoms with van der Waals surface area (Å²) < 4.78 is 38.0. The van der Waals surface area contributed by atoms with Crippen molar-refractivity contribution in [3.63, 3.8) is 0 Å². The summed E-state index contributed by atoms with van der Waals surface area (Å²) in [7, 11) is 0. The average molecular weight is 434 g/mol. The summed E-state index contributed by atoms with van der Waals surface area (Å²) in [6.45, 7) is 3.26. The molecule has 2 rings (SSSR count). The van der Waals surface area contributed by atoms with Gasteiger partial charge in [-0.15, -0.1) is 0 Å². The van der Waals surface area contributed by atoms with Crippen molar-refractivity contribution in [2.24, 2.45) is 0 Å². The Labute approximate surface area is 158 Å². The van der Waals surface area contributed by atoms with E-state index in [4.69, 9.17) is 21.1 Å². The zero-order valence-electron chi connectivity index (χ0n) is 13.6. The first-order valence-electron chi connectivity index (χ1n) is 7.52. The van der Waals surface area contributed by atoms with Gasteiger partial charge >= 0.3 is 5.97 Å². The van der Waals surface area contributed by atoms with Crippen molar-refractivity contribution < 1.29 is 23.0 Å². The van der Waals surface area contributed by atoms with E-state index in [0.29, 0.717) is 26.4 Å². The molecular formula is C18H16BrClF2O3. The zero-order valence-corrected chi connectivity index (χ0v) is 16.0. The minimum absolute atomic E-state index is 0.00544. The van der Waals surface area contributed by atoms with Crippen LogP contribution in [0.15, 0.2) is 34.8 Å². The van der Waals surface area contributed by atoms with Crippen molar-refractivity contribution in [2.75, 3.05) is 0 Å². The van der Waals surface area contributed by atoms with E-state index in [1.165, 1.54) is 12.1 Å². The molecular weight excluding hydrogens is 418 g/mol. The Morgan fingerprint density at radius 3 is 2.64 bits per heavy atom. The SMILES string of the molecule is CCC(=O)Oc1cccc(Br)c1COc1cc(Cl)c(C)cc1C(F)F. The molecule has 134 valence electrons. The number of hydrogen-bond donors (Lipinski definition) is 0. The smallest absolute Gasteiger partial charge is 0.310 e. The summed E-state index contributed by atoms with van der Waals surface area (Å²) in [4.78, 5) is 11.5. The highest BCUT2D eigenvalue weighted by molar-refractivity contribution is 9.10. The molecule has 2 aromatic carbocycles. The van der Waals surface area contributed by atoms with Gasteiger partial charge in [-0.3, -0.25) is 4.79 Å². The van der Waals surface area contributed by atoms with E-state index in [2.05, 4.69) is 15.9 Å². The maximum Gasteiger partial charge on any atom is 0.310 e. The standard InChI is InChI=1S/C18H16BrClF2O3/c1-3-17(23)25-15-6-4-5-13(19)12(15)9-24-16-8-14(20)10(2)7-11(16)18(21)22/h4-8,18H,3,9H2,1-2H3. The number of carbonyl (C=O) groups excluding carboxylic acids is 1. The highest BCUT2D eigenvalue weighted by Crippen LogP contribution is 2.35. The molecule has 3 nitrogen and oxygen atoms in total. The molecule has 0 aliphatic carbocycles. The predicted octanol–water partition coefficient (Wildman–Crippen LogP) is 6.24. The van der Waals surface area contributed by atoms with Crippen molar-refractivity contribution in [2.45, 2.75) is 33.3 Å². The molecule has 0 aliphatic heterocycles. The predicted molar refractivity (Wildman–Crippen MR) is 95.5 cm³/mol. The van der Waals surface area contributed by atoms with Crippen LogP contribution in [0.1, 0.15) is 36.5 Å². The maximum absolute atomic E-state index is 13.2. The van der Waals surface area contributed by atoms with E-state index in [1.54, 1.807) is 32.0 Å². The molecule has 0 saturated heterocycles. The van der Waals surface area contributed by atoms with Crippen molar-refractivity contribution in [3.8, 4) is 11.5 Å². The third-order valence-corrected chi connectivity index (χ3v) is 4.64. The minimum atomic E-state index is -2.69. The van der Waals surface area contributed by atoms with Gasteiger partial charge in [0.1, 0.15) is 18.1 Å². The van der Waals surface area contributed by atoms with Crippen LogP contribution in [0.2, 0.25) is 5.02 Å². The molecule has 25 heavy (non-hydrogen) atoms. The first kappa shape index (κ1) is 19.7. The second kappa shape index (κ2) is 8.63. The van der Waals surface area contributed by atoms with Gasteiger partial charge in [-0.05, 0) is 36.8 Å². The van der Waals surface area contributed by atoms with Crippen LogP contribution in [0.3, 0.4) is 0 Å². The number of rotatable bonds is 6. The maximum atomic E-state index is 13.2. The molecule has 0 heterocycles. The van der Waals surface area contributed by atoms with Gasteiger partial charge in [0.05, 0.1) is 5.56 Å². The van der Waals surface area contributed by atoms with Crippen molar-refractivity contribution in [1.82, 2.24) is 0 Å². The van der Waals surface area contributed by atoms with Crippen molar-refractivity contribution in [3.05, 3.63) is 56.5 Å². The summed E-state index contributed by atoms with van der Waals surface area (Å²) in [6, 6.07) is 7.75. The van der Waals surface area contributed by atoms with Gasteiger partial charge in [-0.1, -0.05) is 40.5 Å². The largest absolute Gasteiger partial charge is 0.488 e. The topological polar surface area (TPSA) is 35.5 Å². The van der Waals surface area contributed by atoms with Crippen LogP contribution in [-0.4, -0.2) is 5.97 Å². The molecule has 0 atom stereocenters. The lowest BCUT2D eigenvalue weighted by Gasteiger charge is -2.16. The van der Waals surface area contributed by atoms with Crippen LogP contribution < -0.4 is 9.47 Å². The van der Waals surface area contributed by atoms with Crippen LogP contribution in [-0.2, 0) is 11.4 Å². The second-order valence-corrected chi connectivity index (χ2v) is 6.53. The summed E-state index contributed by atoms with van der Waals surface area (Å²) in [6.07, 6.45) is -2.47. The zero-order chi connectivity index (χ0) is 18.6. The second-order valence-electron chi connectivity index (χ2n) is 5.27. The number of aryl methyl sites for hydroxylation is 1. The van der Waals surface area contributed by atoms with Gasteiger partial charge in [0.2, 0.25) is 0 Å². The molecule has 0 aromatic heterocycles. The fourth-order valence-electron chi connectivity index (χ4n) is 2.10. The molecule has 0 aliphatic rings. The van der Waals surface area contributed by atoms with E-state index in [-0.39, 0.29) is 24.3 Å². The number of hydrogen-bond acceptors (Lipinski definition) is 3. The Balaban J connectivity index is 2.30. The van der Waals surface area contributed by atoms with E-state index >= 15 is 0 Å². The lowest BCUT2D eigenvalue weighted by atomic mass is 10.1. The molecule has 0 unspecified atom stereocenters. The number of alkyl halides is 2. The van der Waals surface area contributed by atoms with Gasteiger partial charge in [0, 0.05) is 21.5 Å². The highest BCUT2D eigenvalue weighted by atomic mass is 79.9. The van der Waals surface area contributed by atoms with Crippen LogP contribution in [0, 0.1) is 6.92 Å². The lowest BCUT2D eigenvalue weighted by Crippen LogP contribution is -2.09. The Morgan fingerprint density at radius 2 is 2.00 bits per heavy atom. The van der Waals surface area contributed by atoms with Crippen LogP contribution in [0.25, 0.3) is 0 Å². The molecule has 0 bridgehead atoms. The van der Waals surface area contributed by atoms with Gasteiger partial charge in [-0.2, -0.15) is 0 Å². The Bertz CT molecular complexity index is 781. The summed E-state index contributed by atoms with van der Waals surface area (Å²) in [5.41, 5.74) is 0.852. The molecule has 0 spiro atoms. The third-order valence-electron chi connectivity index (χ3n) is 3.49. The molecule has 7 heteroatoms. The van der Waals surface area contributed by atoms with Crippen molar-refractivity contribution in [1.29, 1.82) is 0 Å². The fraction of sp³-hybridized carbons (Fsp3) is 0.278. The molecule has 0 fully saturated rings. The van der Waals surface area contributed by atoms with Gasteiger partial charge < -0.3 is 9.47 Å². The number of ether oxygens (including phenoxy) is 2. The molecule has 0 saturated carbocycles. The average Bonchev–Trinajstić information content (AvgIpc) is 2.56. The molecule has 0 N–H and O–H groups in total. The van der Waals surface area contributed by atoms with Crippen LogP contribution in [0.4, 0.5) is 8.78 Å². The summed E-state index contributed by atoms with van der Waals surface area (Å²) >= 11 is 9.38. The number of carbonyl (C=O) groups is 1. The summed E-state index contributed by atoms with van der Waals surface area (Å²) in [5.74, 6) is -0.0850. The van der Waals surface area contributed by atoms with E-state index in [9.17, 15) is 13.6 Å². The highest BCUT2D eigenvalue weighted by Gasteiger charge is 2.18.